The van der Waals surface area contributed by atoms with E-state index in [2.05, 4.69) is 5.32 Å². The molecule has 0 unspecified atom stereocenters. The SMILES string of the molecule is CCC(=O)Nc1ccccc1.NC(=O)c1ccccc1. The van der Waals surface area contributed by atoms with Crippen LogP contribution in [0.4, 0.5) is 5.69 Å². The lowest BCUT2D eigenvalue weighted by molar-refractivity contribution is -0.115. The van der Waals surface area contributed by atoms with Crippen LogP contribution in [0.3, 0.4) is 0 Å². The summed E-state index contributed by atoms with van der Waals surface area (Å²) < 4.78 is 0. The number of primary amides is 1. The fourth-order valence-corrected chi connectivity index (χ4v) is 1.37. The molecule has 0 aromatic heterocycles. The Morgan fingerprint density at radius 1 is 0.950 bits per heavy atom. The van der Waals surface area contributed by atoms with E-state index in [1.54, 1.807) is 24.3 Å². The maximum Gasteiger partial charge on any atom is 0.248 e. The maximum atomic E-state index is 10.9. The highest BCUT2D eigenvalue weighted by Crippen LogP contribution is 2.04. The highest BCUT2D eigenvalue weighted by atomic mass is 16.1. The molecule has 0 bridgehead atoms. The van der Waals surface area contributed by atoms with Gasteiger partial charge in [0.2, 0.25) is 11.8 Å². The van der Waals surface area contributed by atoms with Gasteiger partial charge in [0.15, 0.2) is 0 Å². The molecule has 4 heteroatoms. The molecule has 0 atom stereocenters. The number of para-hydroxylation sites is 1. The zero-order valence-corrected chi connectivity index (χ0v) is 11.4. The number of carbonyl (C=O) groups is 2. The van der Waals surface area contributed by atoms with Gasteiger partial charge in [-0.3, -0.25) is 9.59 Å². The highest BCUT2D eigenvalue weighted by molar-refractivity contribution is 5.92. The van der Waals surface area contributed by atoms with E-state index >= 15 is 0 Å². The predicted octanol–water partition coefficient (Wildman–Crippen LogP) is 2.82. The van der Waals surface area contributed by atoms with Crippen molar-refractivity contribution < 1.29 is 9.59 Å². The van der Waals surface area contributed by atoms with Crippen LogP contribution in [0, 0.1) is 0 Å². The largest absolute Gasteiger partial charge is 0.366 e. The van der Waals surface area contributed by atoms with Gasteiger partial charge >= 0.3 is 0 Å². The smallest absolute Gasteiger partial charge is 0.248 e. The molecule has 0 aliphatic rings. The molecule has 0 aliphatic heterocycles. The molecule has 2 aromatic carbocycles. The monoisotopic (exact) mass is 270 g/mol. The first-order chi connectivity index (χ1) is 9.63. The Morgan fingerprint density at radius 3 is 1.85 bits per heavy atom. The quantitative estimate of drug-likeness (QED) is 0.900. The molecule has 104 valence electrons. The van der Waals surface area contributed by atoms with Crippen LogP contribution in [0.5, 0.6) is 0 Å². The summed E-state index contributed by atoms with van der Waals surface area (Å²) in [6, 6.07) is 18.2. The molecule has 0 fully saturated rings. The summed E-state index contributed by atoms with van der Waals surface area (Å²) in [6.07, 6.45) is 0.523. The van der Waals surface area contributed by atoms with Gasteiger partial charge in [-0.2, -0.15) is 0 Å². The molecule has 0 saturated heterocycles. The van der Waals surface area contributed by atoms with Crippen molar-refractivity contribution in [3.05, 3.63) is 66.2 Å². The van der Waals surface area contributed by atoms with Crippen LogP contribution in [0.15, 0.2) is 60.7 Å². The number of rotatable bonds is 3. The fraction of sp³-hybridized carbons (Fsp3) is 0.125. The second-order valence-electron chi connectivity index (χ2n) is 4.00. The predicted molar refractivity (Wildman–Crippen MR) is 80.3 cm³/mol. The summed E-state index contributed by atoms with van der Waals surface area (Å²) in [5.74, 6) is -0.327. The number of hydrogen-bond acceptors (Lipinski definition) is 2. The van der Waals surface area contributed by atoms with Gasteiger partial charge in [0.1, 0.15) is 0 Å². The Labute approximate surface area is 118 Å². The van der Waals surface area contributed by atoms with E-state index in [1.807, 2.05) is 43.3 Å². The number of carbonyl (C=O) groups excluding carboxylic acids is 2. The van der Waals surface area contributed by atoms with Crippen molar-refractivity contribution in [2.45, 2.75) is 13.3 Å². The summed E-state index contributed by atoms with van der Waals surface area (Å²) in [5, 5.41) is 2.75. The number of benzene rings is 2. The number of nitrogens with one attached hydrogen (secondary N) is 1. The molecule has 20 heavy (non-hydrogen) atoms. The average molecular weight is 270 g/mol. The molecule has 2 aromatic rings. The van der Waals surface area contributed by atoms with Gasteiger partial charge in [0.25, 0.3) is 0 Å². The number of amides is 2. The van der Waals surface area contributed by atoms with Gasteiger partial charge in [-0.25, -0.2) is 0 Å². The van der Waals surface area contributed by atoms with E-state index in [4.69, 9.17) is 5.73 Å². The van der Waals surface area contributed by atoms with Gasteiger partial charge in [-0.1, -0.05) is 43.3 Å². The number of nitrogens with two attached hydrogens (primary N) is 1. The molecule has 2 rings (SSSR count). The molecule has 4 nitrogen and oxygen atoms in total. The minimum absolute atomic E-state index is 0.0520. The lowest BCUT2D eigenvalue weighted by Gasteiger charge is -2.00. The van der Waals surface area contributed by atoms with Gasteiger partial charge < -0.3 is 11.1 Å². The normalized spacial score (nSPS) is 9.05. The lowest BCUT2D eigenvalue weighted by atomic mass is 10.2. The molecule has 0 radical (unpaired) electrons. The Balaban J connectivity index is 0.000000204. The molecule has 2 amide bonds. The molecular formula is C16H18N2O2. The maximum absolute atomic E-state index is 10.9. The average Bonchev–Trinajstić information content (AvgIpc) is 2.49. The van der Waals surface area contributed by atoms with Gasteiger partial charge in [-0.05, 0) is 24.3 Å². The zero-order chi connectivity index (χ0) is 14.8. The van der Waals surface area contributed by atoms with E-state index in [-0.39, 0.29) is 11.8 Å². The molecule has 0 saturated carbocycles. The van der Waals surface area contributed by atoms with Crippen molar-refractivity contribution in [2.75, 3.05) is 5.32 Å². The van der Waals surface area contributed by atoms with Crippen LogP contribution in [-0.4, -0.2) is 11.8 Å². The van der Waals surface area contributed by atoms with Crippen molar-refractivity contribution in [2.24, 2.45) is 5.73 Å². The standard InChI is InChI=1S/C9H11NO.C7H7NO/c1-2-9(11)10-8-6-4-3-5-7-8;8-7(9)6-4-2-1-3-5-6/h3-7H,2H2,1H3,(H,10,11);1-5H,(H2,8,9). The fourth-order valence-electron chi connectivity index (χ4n) is 1.37. The summed E-state index contributed by atoms with van der Waals surface area (Å²) in [6.45, 7) is 1.83. The molecule has 3 N–H and O–H groups in total. The first-order valence-electron chi connectivity index (χ1n) is 6.33. The summed E-state index contributed by atoms with van der Waals surface area (Å²) >= 11 is 0. The lowest BCUT2D eigenvalue weighted by Crippen LogP contribution is -2.09. The Bertz CT molecular complexity index is 539. The molecular weight excluding hydrogens is 252 g/mol. The topological polar surface area (TPSA) is 72.2 Å². The van der Waals surface area contributed by atoms with Crippen LogP contribution < -0.4 is 11.1 Å². The van der Waals surface area contributed by atoms with Crippen LogP contribution in [0.1, 0.15) is 23.7 Å². The minimum Gasteiger partial charge on any atom is -0.366 e. The molecule has 0 aliphatic carbocycles. The third-order valence-electron chi connectivity index (χ3n) is 2.44. The zero-order valence-electron chi connectivity index (χ0n) is 11.4. The van der Waals surface area contributed by atoms with Gasteiger partial charge in [0.05, 0.1) is 0 Å². The van der Waals surface area contributed by atoms with Crippen LogP contribution in [-0.2, 0) is 4.79 Å². The van der Waals surface area contributed by atoms with E-state index < -0.39 is 0 Å². The molecule has 0 heterocycles. The van der Waals surface area contributed by atoms with E-state index in [0.29, 0.717) is 12.0 Å². The van der Waals surface area contributed by atoms with Crippen LogP contribution in [0.2, 0.25) is 0 Å². The number of anilines is 1. The van der Waals surface area contributed by atoms with Gasteiger partial charge in [-0.15, -0.1) is 0 Å². The molecule has 0 spiro atoms. The third-order valence-corrected chi connectivity index (χ3v) is 2.44. The van der Waals surface area contributed by atoms with Crippen LogP contribution >= 0.6 is 0 Å². The van der Waals surface area contributed by atoms with E-state index in [9.17, 15) is 9.59 Å². The van der Waals surface area contributed by atoms with Crippen molar-refractivity contribution in [1.82, 2.24) is 0 Å². The Hall–Kier alpha value is -2.62. The first-order valence-corrected chi connectivity index (χ1v) is 6.33. The summed E-state index contributed by atoms with van der Waals surface area (Å²) in [5.41, 5.74) is 6.39. The van der Waals surface area contributed by atoms with Crippen molar-refractivity contribution in [1.29, 1.82) is 0 Å². The van der Waals surface area contributed by atoms with Crippen LogP contribution in [0.25, 0.3) is 0 Å². The Kier molecular flexibility index (Phi) is 6.54. The van der Waals surface area contributed by atoms with Crippen molar-refractivity contribution in [3.63, 3.8) is 0 Å². The second-order valence-corrected chi connectivity index (χ2v) is 4.00. The number of hydrogen-bond donors (Lipinski definition) is 2. The highest BCUT2D eigenvalue weighted by Gasteiger charge is 1.95. The van der Waals surface area contributed by atoms with E-state index in [1.165, 1.54) is 0 Å². The first kappa shape index (κ1) is 15.4. The van der Waals surface area contributed by atoms with E-state index in [0.717, 1.165) is 5.69 Å². The van der Waals surface area contributed by atoms with Crippen molar-refractivity contribution in [3.8, 4) is 0 Å². The summed E-state index contributed by atoms with van der Waals surface area (Å²) in [4.78, 5) is 21.3. The second kappa shape index (κ2) is 8.48. The Morgan fingerprint density at radius 2 is 1.45 bits per heavy atom. The third kappa shape index (κ3) is 5.82. The van der Waals surface area contributed by atoms with Crippen molar-refractivity contribution >= 4 is 17.5 Å². The summed E-state index contributed by atoms with van der Waals surface area (Å²) in [7, 11) is 0. The van der Waals surface area contributed by atoms with Gasteiger partial charge in [0, 0.05) is 17.7 Å². The minimum atomic E-state index is -0.379.